The van der Waals surface area contributed by atoms with Crippen molar-refractivity contribution in [1.29, 1.82) is 0 Å². The van der Waals surface area contributed by atoms with Gasteiger partial charge < -0.3 is 8.82 Å². The number of aromatic nitrogens is 1. The summed E-state index contributed by atoms with van der Waals surface area (Å²) in [6.07, 6.45) is 9.96. The molecular weight excluding hydrogens is 558 g/mol. The Bertz CT molecular complexity index is 2930. The fourth-order valence-corrected chi connectivity index (χ4v) is 8.19. The molecule has 1 unspecified atom stereocenters. The SMILES string of the molecule is C1=CCC(c2ccc3cc4c5cc6oc7ccccc7c6c6c7cc8ccc(-c9ccccc9)cc8cc7n(c4cc3c2)c56)C=C1. The van der Waals surface area contributed by atoms with E-state index in [1.807, 2.05) is 0 Å². The summed E-state index contributed by atoms with van der Waals surface area (Å²) in [7, 11) is 0. The molecule has 7 aromatic carbocycles. The topological polar surface area (TPSA) is 17.6 Å². The molecule has 1 atom stereocenters. The molecule has 0 radical (unpaired) electrons. The third-order valence-electron chi connectivity index (χ3n) is 10.4. The van der Waals surface area contributed by atoms with E-state index >= 15 is 0 Å². The molecule has 0 bridgehead atoms. The first kappa shape index (κ1) is 24.5. The van der Waals surface area contributed by atoms with E-state index in [2.05, 4.69) is 150 Å². The first-order valence-electron chi connectivity index (χ1n) is 16.1. The van der Waals surface area contributed by atoms with Crippen LogP contribution in [0.5, 0.6) is 0 Å². The predicted octanol–water partition coefficient (Wildman–Crippen LogP) is 12.3. The number of para-hydroxylation sites is 1. The largest absolute Gasteiger partial charge is 0.456 e. The highest BCUT2D eigenvalue weighted by Crippen LogP contribution is 2.47. The molecule has 3 heterocycles. The number of hydrogen-bond acceptors (Lipinski definition) is 1. The average molecular weight is 586 g/mol. The van der Waals surface area contributed by atoms with E-state index in [4.69, 9.17) is 4.42 Å². The zero-order valence-corrected chi connectivity index (χ0v) is 25.0. The summed E-state index contributed by atoms with van der Waals surface area (Å²) in [6, 6.07) is 44.9. The van der Waals surface area contributed by atoms with Gasteiger partial charge in [-0.05, 0) is 87.1 Å². The van der Waals surface area contributed by atoms with Gasteiger partial charge >= 0.3 is 0 Å². The minimum absolute atomic E-state index is 0.421. The molecule has 1 aliphatic rings. The molecule has 0 saturated carbocycles. The lowest BCUT2D eigenvalue weighted by Crippen LogP contribution is -1.96. The van der Waals surface area contributed by atoms with E-state index < -0.39 is 0 Å². The number of rotatable bonds is 2. The van der Waals surface area contributed by atoms with Gasteiger partial charge in [0.1, 0.15) is 11.2 Å². The summed E-state index contributed by atoms with van der Waals surface area (Å²) >= 11 is 0. The Morgan fingerprint density at radius 1 is 0.522 bits per heavy atom. The van der Waals surface area contributed by atoms with Gasteiger partial charge in [-0.15, -0.1) is 0 Å². The van der Waals surface area contributed by atoms with Crippen molar-refractivity contribution in [3.05, 3.63) is 151 Å². The number of furan rings is 1. The molecule has 11 rings (SSSR count). The quantitative estimate of drug-likeness (QED) is 0.197. The van der Waals surface area contributed by atoms with Crippen LogP contribution in [-0.2, 0) is 0 Å². The number of allylic oxidation sites excluding steroid dienone is 4. The van der Waals surface area contributed by atoms with Crippen LogP contribution in [0.2, 0.25) is 0 Å². The Hall–Kier alpha value is -5.86. The summed E-state index contributed by atoms with van der Waals surface area (Å²) in [6.45, 7) is 0. The van der Waals surface area contributed by atoms with Gasteiger partial charge in [0.15, 0.2) is 0 Å². The van der Waals surface area contributed by atoms with E-state index in [9.17, 15) is 0 Å². The first-order chi connectivity index (χ1) is 22.8. The van der Waals surface area contributed by atoms with E-state index in [0.29, 0.717) is 5.92 Å². The average Bonchev–Trinajstić information content (AvgIpc) is 3.75. The smallest absolute Gasteiger partial charge is 0.136 e. The zero-order chi connectivity index (χ0) is 29.9. The third kappa shape index (κ3) is 3.25. The fraction of sp³-hybridized carbons (Fsp3) is 0.0455. The number of nitrogens with zero attached hydrogens (tertiary/aromatic N) is 1. The minimum atomic E-state index is 0.421. The Labute approximate surface area is 264 Å². The molecule has 214 valence electrons. The maximum absolute atomic E-state index is 6.56. The van der Waals surface area contributed by atoms with Crippen molar-refractivity contribution in [2.24, 2.45) is 0 Å². The minimum Gasteiger partial charge on any atom is -0.456 e. The molecule has 0 N–H and O–H groups in total. The van der Waals surface area contributed by atoms with Gasteiger partial charge in [-0.2, -0.15) is 0 Å². The van der Waals surface area contributed by atoms with Crippen molar-refractivity contribution in [3.8, 4) is 11.1 Å². The van der Waals surface area contributed by atoms with Gasteiger partial charge in [-0.3, -0.25) is 0 Å². The van der Waals surface area contributed by atoms with E-state index in [-0.39, 0.29) is 0 Å². The highest BCUT2D eigenvalue weighted by atomic mass is 16.3. The van der Waals surface area contributed by atoms with Gasteiger partial charge in [0.25, 0.3) is 0 Å². The molecule has 1 aliphatic carbocycles. The molecule has 2 heteroatoms. The second-order valence-electron chi connectivity index (χ2n) is 12.9. The van der Waals surface area contributed by atoms with Crippen LogP contribution < -0.4 is 0 Å². The number of hydrogen-bond donors (Lipinski definition) is 0. The van der Waals surface area contributed by atoms with E-state index in [1.54, 1.807) is 0 Å². The fourth-order valence-electron chi connectivity index (χ4n) is 8.19. The van der Waals surface area contributed by atoms with Gasteiger partial charge in [0.2, 0.25) is 0 Å². The van der Waals surface area contributed by atoms with E-state index in [1.165, 1.54) is 87.1 Å². The predicted molar refractivity (Wildman–Crippen MR) is 194 cm³/mol. The van der Waals surface area contributed by atoms with Crippen LogP contribution in [0.25, 0.3) is 92.7 Å². The summed E-state index contributed by atoms with van der Waals surface area (Å²) in [5.41, 5.74) is 9.48. The van der Waals surface area contributed by atoms with Crippen LogP contribution in [0.3, 0.4) is 0 Å². The summed E-state index contributed by atoms with van der Waals surface area (Å²) in [4.78, 5) is 0. The van der Waals surface area contributed by atoms with Crippen molar-refractivity contribution in [3.63, 3.8) is 0 Å². The highest BCUT2D eigenvalue weighted by Gasteiger charge is 2.24. The number of fused-ring (bicyclic) bond motifs is 12. The lowest BCUT2D eigenvalue weighted by molar-refractivity contribution is 0.669. The highest BCUT2D eigenvalue weighted by molar-refractivity contribution is 6.36. The molecular formula is C44H27NO. The zero-order valence-electron chi connectivity index (χ0n) is 25.0. The van der Waals surface area contributed by atoms with Gasteiger partial charge in [0.05, 0.1) is 16.6 Å². The summed E-state index contributed by atoms with van der Waals surface area (Å²) in [5, 5.41) is 12.5. The Balaban J connectivity index is 1.29. The molecule has 46 heavy (non-hydrogen) atoms. The lowest BCUT2D eigenvalue weighted by atomic mass is 9.91. The van der Waals surface area contributed by atoms with Crippen molar-refractivity contribution in [2.45, 2.75) is 12.3 Å². The van der Waals surface area contributed by atoms with Crippen LogP contribution >= 0.6 is 0 Å². The van der Waals surface area contributed by atoms with Crippen molar-refractivity contribution in [2.75, 3.05) is 0 Å². The monoisotopic (exact) mass is 585 g/mol. The van der Waals surface area contributed by atoms with Gasteiger partial charge in [0, 0.05) is 38.2 Å². The standard InChI is InChI=1S/C44H27NO/c1-3-9-26(10-4-1)28-15-17-30-21-35-36-25-41-42(34-13-7-8-14-40(34)46-41)43-37-22-31-18-16-29(27-11-5-2-6-12-27)20-33(31)24-39(37)45(44(36)43)38(35)23-32(30)19-28/h1-9,11-26H,10H2. The second-order valence-corrected chi connectivity index (χ2v) is 12.9. The molecule has 2 nitrogen and oxygen atoms in total. The molecule has 10 aromatic rings. The molecule has 0 amide bonds. The van der Waals surface area contributed by atoms with Crippen LogP contribution in [0.1, 0.15) is 17.9 Å². The second kappa shape index (κ2) is 8.87. The van der Waals surface area contributed by atoms with Crippen LogP contribution in [-0.4, -0.2) is 4.40 Å². The first-order valence-corrected chi connectivity index (χ1v) is 16.1. The molecule has 0 saturated heterocycles. The number of benzene rings is 7. The maximum Gasteiger partial charge on any atom is 0.136 e. The van der Waals surface area contributed by atoms with E-state index in [0.717, 1.165) is 17.6 Å². The lowest BCUT2D eigenvalue weighted by Gasteiger charge is -2.14. The Morgan fingerprint density at radius 2 is 1.30 bits per heavy atom. The van der Waals surface area contributed by atoms with Crippen LogP contribution in [0, 0.1) is 0 Å². The normalized spacial score (nSPS) is 15.3. The van der Waals surface area contributed by atoms with Gasteiger partial charge in [-0.25, -0.2) is 0 Å². The molecule has 0 aliphatic heterocycles. The van der Waals surface area contributed by atoms with Crippen LogP contribution in [0.4, 0.5) is 0 Å². The Kier molecular flexibility index (Phi) is 4.71. The summed E-state index contributed by atoms with van der Waals surface area (Å²) < 4.78 is 9.09. The molecule has 3 aromatic heterocycles. The molecule has 0 spiro atoms. The van der Waals surface area contributed by atoms with Crippen molar-refractivity contribution >= 4 is 81.6 Å². The maximum atomic E-state index is 6.56. The Morgan fingerprint density at radius 3 is 2.17 bits per heavy atom. The third-order valence-corrected chi connectivity index (χ3v) is 10.4. The van der Waals surface area contributed by atoms with Gasteiger partial charge in [-0.1, -0.05) is 103 Å². The van der Waals surface area contributed by atoms with Crippen LogP contribution in [0.15, 0.2) is 150 Å². The van der Waals surface area contributed by atoms with Crippen molar-refractivity contribution < 1.29 is 4.42 Å². The molecule has 0 fully saturated rings. The van der Waals surface area contributed by atoms with Crippen molar-refractivity contribution in [1.82, 2.24) is 4.40 Å². The summed E-state index contributed by atoms with van der Waals surface area (Å²) in [5.74, 6) is 0.421.